The highest BCUT2D eigenvalue weighted by atomic mass is 32.2. The van der Waals surface area contributed by atoms with Gasteiger partial charge in [0.05, 0.1) is 12.8 Å². The summed E-state index contributed by atoms with van der Waals surface area (Å²) in [5, 5.41) is 11.4. The van der Waals surface area contributed by atoms with E-state index in [2.05, 4.69) is 15.6 Å². The van der Waals surface area contributed by atoms with Crippen molar-refractivity contribution in [2.24, 2.45) is 0 Å². The molecule has 0 unspecified atom stereocenters. The Labute approximate surface area is 145 Å². The monoisotopic (exact) mass is 367 g/mol. The molecule has 0 aliphatic heterocycles. The van der Waals surface area contributed by atoms with Crippen molar-refractivity contribution in [3.8, 4) is 16.3 Å². The van der Waals surface area contributed by atoms with Crippen molar-refractivity contribution in [1.82, 2.24) is 15.2 Å². The molecule has 0 aliphatic carbocycles. The third-order valence-electron chi connectivity index (χ3n) is 2.77. The zero-order valence-electron chi connectivity index (χ0n) is 12.0. The first-order valence-electron chi connectivity index (χ1n) is 6.37. The number of rotatable bonds is 6. The van der Waals surface area contributed by atoms with Crippen LogP contribution in [0.15, 0.2) is 38.3 Å². The SMILES string of the molecule is COc1cccc(-c2nc(CSc3nnc(SC)s3)cs2)c1. The third-order valence-corrected chi connectivity index (χ3v) is 6.78. The second kappa shape index (κ2) is 7.45. The van der Waals surface area contributed by atoms with Gasteiger partial charge in [0.25, 0.3) is 0 Å². The van der Waals surface area contributed by atoms with Crippen LogP contribution in [0.1, 0.15) is 5.69 Å². The van der Waals surface area contributed by atoms with E-state index in [9.17, 15) is 0 Å². The first kappa shape index (κ1) is 15.8. The maximum Gasteiger partial charge on any atom is 0.175 e. The molecule has 0 N–H and O–H groups in total. The minimum absolute atomic E-state index is 0.809. The maximum atomic E-state index is 5.26. The molecule has 2 aromatic heterocycles. The average molecular weight is 368 g/mol. The molecule has 0 amide bonds. The van der Waals surface area contributed by atoms with E-state index in [0.717, 1.165) is 36.4 Å². The average Bonchev–Trinajstić information content (AvgIpc) is 3.22. The van der Waals surface area contributed by atoms with Crippen LogP contribution in [0.25, 0.3) is 10.6 Å². The Hall–Kier alpha value is -1.09. The summed E-state index contributed by atoms with van der Waals surface area (Å²) >= 11 is 6.57. The molecule has 22 heavy (non-hydrogen) atoms. The number of benzene rings is 1. The number of hydrogen-bond donors (Lipinski definition) is 0. The molecule has 0 aliphatic rings. The van der Waals surface area contributed by atoms with Gasteiger partial charge in [-0.05, 0) is 18.4 Å². The fraction of sp³-hybridized carbons (Fsp3) is 0.214. The smallest absolute Gasteiger partial charge is 0.175 e. The van der Waals surface area contributed by atoms with Crippen molar-refractivity contribution >= 4 is 46.2 Å². The summed E-state index contributed by atoms with van der Waals surface area (Å²) in [7, 11) is 1.67. The minimum Gasteiger partial charge on any atom is -0.497 e. The van der Waals surface area contributed by atoms with E-state index in [0.29, 0.717) is 0 Å². The van der Waals surface area contributed by atoms with Gasteiger partial charge >= 0.3 is 0 Å². The molecule has 0 saturated heterocycles. The second-order valence-electron chi connectivity index (χ2n) is 4.20. The Morgan fingerprint density at radius 3 is 2.86 bits per heavy atom. The molecule has 0 spiro atoms. The summed E-state index contributed by atoms with van der Waals surface area (Å²) in [5.41, 5.74) is 2.15. The van der Waals surface area contributed by atoms with Gasteiger partial charge in [0.1, 0.15) is 10.8 Å². The van der Waals surface area contributed by atoms with Crippen molar-refractivity contribution in [2.45, 2.75) is 14.4 Å². The van der Waals surface area contributed by atoms with E-state index in [1.165, 1.54) is 0 Å². The molecule has 0 bridgehead atoms. The normalized spacial score (nSPS) is 10.8. The number of aromatic nitrogens is 3. The predicted molar refractivity (Wildman–Crippen MR) is 95.4 cm³/mol. The highest BCUT2D eigenvalue weighted by molar-refractivity contribution is 8.02. The van der Waals surface area contributed by atoms with Crippen LogP contribution in [0, 0.1) is 0 Å². The van der Waals surface area contributed by atoms with E-state index in [1.807, 2.05) is 30.5 Å². The summed E-state index contributed by atoms with van der Waals surface area (Å²) < 4.78 is 7.24. The molecule has 1 aromatic carbocycles. The summed E-state index contributed by atoms with van der Waals surface area (Å²) in [4.78, 5) is 4.69. The molecule has 114 valence electrons. The van der Waals surface area contributed by atoms with Crippen molar-refractivity contribution in [3.63, 3.8) is 0 Å². The highest BCUT2D eigenvalue weighted by Gasteiger charge is 2.08. The van der Waals surface area contributed by atoms with E-state index in [1.54, 1.807) is 53.3 Å². The lowest BCUT2D eigenvalue weighted by Crippen LogP contribution is -1.84. The van der Waals surface area contributed by atoms with Crippen LogP contribution in [-0.2, 0) is 5.75 Å². The number of thioether (sulfide) groups is 2. The third kappa shape index (κ3) is 3.81. The molecule has 2 heterocycles. The van der Waals surface area contributed by atoms with Crippen molar-refractivity contribution in [3.05, 3.63) is 35.3 Å². The van der Waals surface area contributed by atoms with Gasteiger partial charge in [0.2, 0.25) is 0 Å². The van der Waals surface area contributed by atoms with Crippen LogP contribution in [0.4, 0.5) is 0 Å². The van der Waals surface area contributed by atoms with Gasteiger partial charge < -0.3 is 4.74 Å². The first-order chi connectivity index (χ1) is 10.8. The van der Waals surface area contributed by atoms with Crippen LogP contribution >= 0.6 is 46.2 Å². The van der Waals surface area contributed by atoms with E-state index in [4.69, 9.17) is 9.72 Å². The summed E-state index contributed by atoms with van der Waals surface area (Å²) in [6.07, 6.45) is 2.01. The topological polar surface area (TPSA) is 47.9 Å². The lowest BCUT2D eigenvalue weighted by molar-refractivity contribution is 0.415. The quantitative estimate of drug-likeness (QED) is 0.589. The summed E-state index contributed by atoms with van der Waals surface area (Å²) in [5.74, 6) is 1.66. The fourth-order valence-corrected chi connectivity index (χ4v) is 4.99. The first-order valence-corrected chi connectivity index (χ1v) is 10.3. The Bertz CT molecular complexity index is 756. The summed E-state index contributed by atoms with van der Waals surface area (Å²) in [6.45, 7) is 0. The van der Waals surface area contributed by atoms with E-state index in [-0.39, 0.29) is 0 Å². The largest absolute Gasteiger partial charge is 0.497 e. The zero-order chi connectivity index (χ0) is 15.4. The Morgan fingerprint density at radius 2 is 2.09 bits per heavy atom. The maximum absolute atomic E-state index is 5.26. The number of methoxy groups -OCH3 is 1. The fourth-order valence-electron chi connectivity index (χ4n) is 1.74. The van der Waals surface area contributed by atoms with Crippen LogP contribution < -0.4 is 4.74 Å². The number of hydrogen-bond acceptors (Lipinski definition) is 8. The lowest BCUT2D eigenvalue weighted by Gasteiger charge is -2.01. The molecular weight excluding hydrogens is 354 g/mol. The highest BCUT2D eigenvalue weighted by Crippen LogP contribution is 2.32. The number of thiazole rings is 1. The van der Waals surface area contributed by atoms with Crippen molar-refractivity contribution in [2.75, 3.05) is 13.4 Å². The van der Waals surface area contributed by atoms with Crippen LogP contribution in [0.5, 0.6) is 5.75 Å². The van der Waals surface area contributed by atoms with E-state index < -0.39 is 0 Å². The van der Waals surface area contributed by atoms with E-state index >= 15 is 0 Å². The Kier molecular flexibility index (Phi) is 5.35. The van der Waals surface area contributed by atoms with Crippen LogP contribution in [-0.4, -0.2) is 28.5 Å². The zero-order valence-corrected chi connectivity index (χ0v) is 15.2. The molecule has 3 rings (SSSR count). The standard InChI is InChI=1S/C14H13N3OS4/c1-18-11-5-3-4-9(6-11)12-15-10(7-20-12)8-21-14-17-16-13(19-2)22-14/h3-7H,8H2,1-2H3. The van der Waals surface area contributed by atoms with Gasteiger partial charge in [-0.15, -0.1) is 21.5 Å². The molecule has 0 saturated carbocycles. The molecular formula is C14H13N3OS4. The molecule has 0 radical (unpaired) electrons. The molecule has 0 fully saturated rings. The molecule has 3 aromatic rings. The van der Waals surface area contributed by atoms with Crippen molar-refractivity contribution in [1.29, 1.82) is 0 Å². The number of nitrogens with zero attached hydrogens (tertiary/aromatic N) is 3. The van der Waals surface area contributed by atoms with Gasteiger partial charge in [-0.25, -0.2) is 4.98 Å². The van der Waals surface area contributed by atoms with Crippen LogP contribution in [0.3, 0.4) is 0 Å². The van der Waals surface area contributed by atoms with Crippen molar-refractivity contribution < 1.29 is 4.74 Å². The Morgan fingerprint density at radius 1 is 1.23 bits per heavy atom. The number of ether oxygens (including phenoxy) is 1. The Balaban J connectivity index is 1.68. The van der Waals surface area contributed by atoms with Gasteiger partial charge in [-0.1, -0.05) is 47.0 Å². The van der Waals surface area contributed by atoms with Crippen LogP contribution in [0.2, 0.25) is 0 Å². The van der Waals surface area contributed by atoms with Gasteiger partial charge in [-0.3, -0.25) is 0 Å². The van der Waals surface area contributed by atoms with Gasteiger partial charge in [0, 0.05) is 16.7 Å². The second-order valence-corrected chi connectivity index (χ2v) is 8.31. The van der Waals surface area contributed by atoms with Gasteiger partial charge in [0.15, 0.2) is 8.68 Å². The minimum atomic E-state index is 0.809. The lowest BCUT2D eigenvalue weighted by atomic mass is 10.2. The molecule has 8 heteroatoms. The molecule has 4 nitrogen and oxygen atoms in total. The predicted octanol–water partition coefficient (Wildman–Crippen LogP) is 4.68. The van der Waals surface area contributed by atoms with Gasteiger partial charge in [-0.2, -0.15) is 0 Å². The molecule has 0 atom stereocenters. The summed E-state index contributed by atoms with van der Waals surface area (Å²) in [6, 6.07) is 7.97.